The zero-order chi connectivity index (χ0) is 24.0. The molecule has 1 fully saturated rings. The second-order valence-electron chi connectivity index (χ2n) is 8.67. The lowest BCUT2D eigenvalue weighted by Gasteiger charge is -2.28. The number of para-hydroxylation sites is 1. The number of fused-ring (bicyclic) bond motifs is 1. The molecular weight excluding hydrogens is 442 g/mol. The predicted molar refractivity (Wildman–Crippen MR) is 139 cm³/mol. The molecule has 0 radical (unpaired) electrons. The van der Waals surface area contributed by atoms with Gasteiger partial charge in [0.05, 0.1) is 26.1 Å². The number of imidazole rings is 1. The van der Waals surface area contributed by atoms with Gasteiger partial charge in [0.1, 0.15) is 12.4 Å². The summed E-state index contributed by atoms with van der Waals surface area (Å²) in [7, 11) is 0. The summed E-state index contributed by atoms with van der Waals surface area (Å²) in [6.45, 7) is 8.68. The second kappa shape index (κ2) is 10.6. The molecule has 0 amide bonds. The van der Waals surface area contributed by atoms with E-state index < -0.39 is 0 Å². The molecule has 182 valence electrons. The molecule has 35 heavy (non-hydrogen) atoms. The van der Waals surface area contributed by atoms with E-state index in [4.69, 9.17) is 19.4 Å². The van der Waals surface area contributed by atoms with Crippen LogP contribution in [-0.4, -0.2) is 59.0 Å². The molecule has 9 heteroatoms. The molecule has 0 aliphatic carbocycles. The molecule has 2 aromatic heterocycles. The van der Waals surface area contributed by atoms with Crippen molar-refractivity contribution in [3.05, 3.63) is 60.9 Å². The monoisotopic (exact) mass is 473 g/mol. The van der Waals surface area contributed by atoms with Gasteiger partial charge in [-0.15, -0.1) is 0 Å². The molecule has 1 aliphatic rings. The first kappa shape index (κ1) is 22.9. The summed E-state index contributed by atoms with van der Waals surface area (Å²) in [4.78, 5) is 16.4. The Morgan fingerprint density at radius 1 is 1.00 bits per heavy atom. The van der Waals surface area contributed by atoms with Gasteiger partial charge >= 0.3 is 0 Å². The highest BCUT2D eigenvalue weighted by Crippen LogP contribution is 2.26. The Labute approximate surface area is 205 Å². The van der Waals surface area contributed by atoms with Crippen molar-refractivity contribution in [2.75, 3.05) is 55.0 Å². The fraction of sp³-hybridized carbons (Fsp3) is 0.346. The Hall–Kier alpha value is -3.85. The van der Waals surface area contributed by atoms with E-state index in [-0.39, 0.29) is 6.04 Å². The number of benzene rings is 2. The van der Waals surface area contributed by atoms with Gasteiger partial charge in [-0.3, -0.25) is 0 Å². The van der Waals surface area contributed by atoms with Crippen LogP contribution in [0.4, 0.5) is 23.1 Å². The molecule has 0 bridgehead atoms. The van der Waals surface area contributed by atoms with Crippen molar-refractivity contribution in [2.24, 2.45) is 0 Å². The average molecular weight is 474 g/mol. The number of anilines is 4. The van der Waals surface area contributed by atoms with Crippen LogP contribution in [0, 0.1) is 0 Å². The number of nitrogens with one attached hydrogen (secondary N) is 2. The largest absolute Gasteiger partial charge is 0.492 e. The minimum Gasteiger partial charge on any atom is -0.492 e. The predicted octanol–water partition coefficient (Wildman–Crippen LogP) is 4.48. The van der Waals surface area contributed by atoms with E-state index in [1.807, 2.05) is 36.7 Å². The second-order valence-corrected chi connectivity index (χ2v) is 8.67. The molecule has 2 aromatic carbocycles. The smallest absolute Gasteiger partial charge is 0.231 e. The Kier molecular flexibility index (Phi) is 6.94. The molecule has 3 heterocycles. The summed E-state index contributed by atoms with van der Waals surface area (Å²) in [5, 5.41) is 6.74. The molecule has 1 aliphatic heterocycles. The molecule has 1 saturated heterocycles. The lowest BCUT2D eigenvalue weighted by Crippen LogP contribution is -2.36. The van der Waals surface area contributed by atoms with Crippen molar-refractivity contribution >= 4 is 34.3 Å². The van der Waals surface area contributed by atoms with Crippen molar-refractivity contribution in [2.45, 2.75) is 19.9 Å². The zero-order valence-electron chi connectivity index (χ0n) is 20.1. The number of hydrogen-bond acceptors (Lipinski definition) is 8. The van der Waals surface area contributed by atoms with Gasteiger partial charge in [-0.1, -0.05) is 18.2 Å². The van der Waals surface area contributed by atoms with E-state index in [0.717, 1.165) is 48.9 Å². The maximum atomic E-state index is 5.81. The molecule has 5 rings (SSSR count). The average Bonchev–Trinajstić information content (AvgIpc) is 3.33. The van der Waals surface area contributed by atoms with Gasteiger partial charge in [0.25, 0.3) is 0 Å². The minimum absolute atomic E-state index is 0.227. The number of rotatable bonds is 9. The van der Waals surface area contributed by atoms with E-state index in [0.29, 0.717) is 24.9 Å². The highest BCUT2D eigenvalue weighted by Gasteiger charge is 2.16. The first-order valence-electron chi connectivity index (χ1n) is 12.0. The Bertz CT molecular complexity index is 1240. The van der Waals surface area contributed by atoms with E-state index in [1.165, 1.54) is 5.69 Å². The summed E-state index contributed by atoms with van der Waals surface area (Å²) in [6.07, 6.45) is 1.82. The summed E-state index contributed by atoms with van der Waals surface area (Å²) in [6, 6.07) is 18.3. The Morgan fingerprint density at radius 2 is 1.77 bits per heavy atom. The summed E-state index contributed by atoms with van der Waals surface area (Å²) in [5.74, 6) is 2.04. The van der Waals surface area contributed by atoms with Crippen molar-refractivity contribution < 1.29 is 9.47 Å². The van der Waals surface area contributed by atoms with Crippen LogP contribution in [-0.2, 0) is 4.74 Å². The highest BCUT2D eigenvalue weighted by atomic mass is 16.5. The molecule has 2 N–H and O–H groups in total. The van der Waals surface area contributed by atoms with Gasteiger partial charge < -0.3 is 29.6 Å². The van der Waals surface area contributed by atoms with Gasteiger partial charge in [0.2, 0.25) is 5.95 Å². The normalized spacial score (nSPS) is 13.9. The third-order valence-corrected chi connectivity index (χ3v) is 5.88. The van der Waals surface area contributed by atoms with E-state index in [9.17, 15) is 0 Å². The summed E-state index contributed by atoms with van der Waals surface area (Å²) < 4.78 is 13.3. The Morgan fingerprint density at radius 3 is 2.51 bits per heavy atom. The zero-order valence-corrected chi connectivity index (χ0v) is 20.1. The molecule has 0 unspecified atom stereocenters. The third kappa shape index (κ3) is 5.46. The molecule has 0 spiro atoms. The van der Waals surface area contributed by atoms with Crippen LogP contribution in [0.2, 0.25) is 0 Å². The SMILES string of the molecule is CC(C)n1cnc2c(NCCOc3ccccc3)nc(Nc3ccc(N4CCOCC4)cc3)nc21. The number of nitrogens with zero attached hydrogens (tertiary/aromatic N) is 5. The van der Waals surface area contributed by atoms with Crippen molar-refractivity contribution in [3.8, 4) is 5.75 Å². The fourth-order valence-electron chi connectivity index (χ4n) is 4.03. The summed E-state index contributed by atoms with van der Waals surface area (Å²) in [5.41, 5.74) is 3.64. The van der Waals surface area contributed by atoms with Gasteiger partial charge in [0, 0.05) is 30.5 Å². The number of ether oxygens (including phenoxy) is 2. The molecule has 0 saturated carbocycles. The standard InChI is InChI=1S/C26H31N7O2/c1-19(2)33-18-28-23-24(27-12-15-35-22-6-4-3-5-7-22)30-26(31-25(23)33)29-20-8-10-21(11-9-20)32-13-16-34-17-14-32/h3-11,18-19H,12-17H2,1-2H3,(H2,27,29,30,31). The molecule has 4 aromatic rings. The quantitative estimate of drug-likeness (QED) is 0.344. The Balaban J connectivity index is 1.33. The third-order valence-electron chi connectivity index (χ3n) is 5.88. The van der Waals surface area contributed by atoms with Gasteiger partial charge in [-0.05, 0) is 50.2 Å². The molecule has 9 nitrogen and oxygen atoms in total. The number of aromatic nitrogens is 4. The molecular formula is C26H31N7O2. The lowest BCUT2D eigenvalue weighted by molar-refractivity contribution is 0.122. The first-order valence-corrected chi connectivity index (χ1v) is 12.0. The van der Waals surface area contributed by atoms with Crippen LogP contribution in [0.5, 0.6) is 5.75 Å². The summed E-state index contributed by atoms with van der Waals surface area (Å²) >= 11 is 0. The van der Waals surface area contributed by atoms with E-state index in [2.05, 4.69) is 63.2 Å². The van der Waals surface area contributed by atoms with Crippen LogP contribution in [0.3, 0.4) is 0 Å². The highest BCUT2D eigenvalue weighted by molar-refractivity contribution is 5.84. The van der Waals surface area contributed by atoms with Crippen molar-refractivity contribution in [1.29, 1.82) is 0 Å². The first-order chi connectivity index (χ1) is 17.2. The maximum Gasteiger partial charge on any atom is 0.231 e. The number of morpholine rings is 1. The van der Waals surface area contributed by atoms with E-state index >= 15 is 0 Å². The van der Waals surface area contributed by atoms with Crippen molar-refractivity contribution in [3.63, 3.8) is 0 Å². The van der Waals surface area contributed by atoms with Crippen LogP contribution < -0.4 is 20.3 Å². The van der Waals surface area contributed by atoms with Crippen molar-refractivity contribution in [1.82, 2.24) is 19.5 Å². The fourth-order valence-corrected chi connectivity index (χ4v) is 4.03. The van der Waals surface area contributed by atoms with Crippen LogP contribution in [0.25, 0.3) is 11.2 Å². The minimum atomic E-state index is 0.227. The maximum absolute atomic E-state index is 5.81. The van der Waals surface area contributed by atoms with E-state index in [1.54, 1.807) is 0 Å². The van der Waals surface area contributed by atoms with Gasteiger partial charge in [-0.25, -0.2) is 4.98 Å². The number of hydrogen-bond donors (Lipinski definition) is 2. The lowest BCUT2D eigenvalue weighted by atomic mass is 10.2. The van der Waals surface area contributed by atoms with Gasteiger partial charge in [-0.2, -0.15) is 9.97 Å². The van der Waals surface area contributed by atoms with Gasteiger partial charge in [0.15, 0.2) is 17.0 Å². The molecule has 0 atom stereocenters. The van der Waals surface area contributed by atoms with Crippen LogP contribution in [0.15, 0.2) is 60.9 Å². The van der Waals surface area contributed by atoms with Crippen LogP contribution in [0.1, 0.15) is 19.9 Å². The topological polar surface area (TPSA) is 89.4 Å². The van der Waals surface area contributed by atoms with Crippen LogP contribution >= 0.6 is 0 Å².